The predicted molar refractivity (Wildman–Crippen MR) is 64.5 cm³/mol. The highest BCUT2D eigenvalue weighted by molar-refractivity contribution is 6.31. The van der Waals surface area contributed by atoms with Crippen LogP contribution in [0.2, 0.25) is 5.02 Å². The van der Waals surface area contributed by atoms with Crippen LogP contribution in [0.5, 0.6) is 5.75 Å². The smallest absolute Gasteiger partial charge is 0.303 e. The largest absolute Gasteiger partial charge is 0.497 e. The first-order valence-corrected chi connectivity index (χ1v) is 5.65. The third-order valence-corrected chi connectivity index (χ3v) is 2.76. The van der Waals surface area contributed by atoms with E-state index in [2.05, 4.69) is 0 Å². The van der Waals surface area contributed by atoms with E-state index in [4.69, 9.17) is 21.4 Å². The summed E-state index contributed by atoms with van der Waals surface area (Å²) in [6.07, 6.45) is 0.0925. The molecule has 0 amide bonds. The van der Waals surface area contributed by atoms with E-state index in [-0.39, 0.29) is 6.42 Å². The van der Waals surface area contributed by atoms with E-state index >= 15 is 0 Å². The Morgan fingerprint density at radius 1 is 1.53 bits per heavy atom. The Bertz CT molecular complexity index is 392. The van der Waals surface area contributed by atoms with Crippen molar-refractivity contribution in [2.45, 2.75) is 25.4 Å². The molecule has 1 aromatic carbocycles. The van der Waals surface area contributed by atoms with Crippen molar-refractivity contribution in [1.29, 1.82) is 0 Å². The molecule has 1 aromatic rings. The average molecular weight is 259 g/mol. The van der Waals surface area contributed by atoms with E-state index in [9.17, 15) is 9.90 Å². The maximum Gasteiger partial charge on any atom is 0.303 e. The van der Waals surface area contributed by atoms with Gasteiger partial charge >= 0.3 is 5.97 Å². The normalized spacial score (nSPS) is 12.2. The number of carboxylic acids is 1. The molecule has 94 valence electrons. The van der Waals surface area contributed by atoms with Crippen LogP contribution >= 0.6 is 11.6 Å². The van der Waals surface area contributed by atoms with Gasteiger partial charge in [-0.05, 0) is 30.5 Å². The van der Waals surface area contributed by atoms with Crippen molar-refractivity contribution in [3.8, 4) is 5.75 Å². The molecule has 0 heterocycles. The fourth-order valence-electron chi connectivity index (χ4n) is 1.51. The number of carbonyl (C=O) groups is 1. The van der Waals surface area contributed by atoms with Gasteiger partial charge in [0.25, 0.3) is 0 Å². The Balaban J connectivity index is 2.62. The van der Waals surface area contributed by atoms with Crippen molar-refractivity contribution in [3.05, 3.63) is 28.8 Å². The van der Waals surface area contributed by atoms with Crippen molar-refractivity contribution >= 4 is 17.6 Å². The lowest BCUT2D eigenvalue weighted by Gasteiger charge is -2.13. The minimum Gasteiger partial charge on any atom is -0.497 e. The zero-order valence-corrected chi connectivity index (χ0v) is 10.3. The summed E-state index contributed by atoms with van der Waals surface area (Å²) in [5.41, 5.74) is 0.595. The van der Waals surface area contributed by atoms with E-state index in [1.807, 2.05) is 0 Å². The molecule has 0 aliphatic carbocycles. The van der Waals surface area contributed by atoms with Crippen LogP contribution in [0.3, 0.4) is 0 Å². The zero-order chi connectivity index (χ0) is 12.8. The van der Waals surface area contributed by atoms with Gasteiger partial charge in [0, 0.05) is 6.42 Å². The summed E-state index contributed by atoms with van der Waals surface area (Å²) in [5, 5.41) is 18.8. The number of hydrogen-bond acceptors (Lipinski definition) is 3. The van der Waals surface area contributed by atoms with Gasteiger partial charge in [-0.15, -0.1) is 0 Å². The number of carboxylic acid groups (broad SMARTS) is 1. The van der Waals surface area contributed by atoms with Crippen molar-refractivity contribution in [2.24, 2.45) is 0 Å². The summed E-state index contributed by atoms with van der Waals surface area (Å²) in [4.78, 5) is 10.3. The van der Waals surface area contributed by atoms with Crippen LogP contribution in [0, 0.1) is 0 Å². The van der Waals surface area contributed by atoms with Crippen LogP contribution in [-0.4, -0.2) is 23.3 Å². The Morgan fingerprint density at radius 3 is 2.76 bits per heavy atom. The van der Waals surface area contributed by atoms with Gasteiger partial charge in [0.05, 0.1) is 18.2 Å². The fraction of sp³-hybridized carbons (Fsp3) is 0.417. The number of aliphatic carboxylic acids is 1. The van der Waals surface area contributed by atoms with Crippen molar-refractivity contribution in [1.82, 2.24) is 0 Å². The first kappa shape index (κ1) is 13.8. The lowest BCUT2D eigenvalue weighted by atomic mass is 10.0. The van der Waals surface area contributed by atoms with Gasteiger partial charge in [-0.2, -0.15) is 0 Å². The summed E-state index contributed by atoms with van der Waals surface area (Å²) in [6, 6.07) is 5.02. The number of ether oxygens (including phenoxy) is 1. The summed E-state index contributed by atoms with van der Waals surface area (Å²) < 4.78 is 5.00. The molecule has 0 aliphatic rings. The van der Waals surface area contributed by atoms with Crippen LogP contribution in [0.4, 0.5) is 0 Å². The lowest BCUT2D eigenvalue weighted by molar-refractivity contribution is -0.137. The van der Waals surface area contributed by atoms with Gasteiger partial charge in [-0.25, -0.2) is 0 Å². The minimum absolute atomic E-state index is 0.0465. The van der Waals surface area contributed by atoms with Crippen molar-refractivity contribution in [3.63, 3.8) is 0 Å². The molecule has 5 heteroatoms. The van der Waals surface area contributed by atoms with Crippen LogP contribution < -0.4 is 4.74 Å². The summed E-state index contributed by atoms with van der Waals surface area (Å²) in [5.74, 6) is -0.241. The van der Waals surface area contributed by atoms with Gasteiger partial charge in [0.15, 0.2) is 0 Å². The van der Waals surface area contributed by atoms with Crippen LogP contribution in [0.25, 0.3) is 0 Å². The number of methoxy groups -OCH3 is 1. The topological polar surface area (TPSA) is 66.8 Å². The maximum absolute atomic E-state index is 10.3. The van der Waals surface area contributed by atoms with E-state index in [0.717, 1.165) is 0 Å². The lowest BCUT2D eigenvalue weighted by Crippen LogP contribution is -2.01. The molecule has 0 radical (unpaired) electrons. The first-order valence-electron chi connectivity index (χ1n) is 5.28. The van der Waals surface area contributed by atoms with E-state index in [1.54, 1.807) is 18.2 Å². The molecule has 2 N–H and O–H groups in total. The molecule has 4 nitrogen and oxygen atoms in total. The third kappa shape index (κ3) is 4.24. The second-order valence-corrected chi connectivity index (χ2v) is 4.10. The van der Waals surface area contributed by atoms with Gasteiger partial charge in [-0.3, -0.25) is 4.79 Å². The third-order valence-electron chi connectivity index (χ3n) is 2.43. The molecule has 0 aliphatic heterocycles. The Hall–Kier alpha value is -1.26. The summed E-state index contributed by atoms with van der Waals surface area (Å²) >= 11 is 5.99. The molecule has 0 bridgehead atoms. The number of benzene rings is 1. The minimum atomic E-state index is -0.863. The fourth-order valence-corrected chi connectivity index (χ4v) is 1.80. The number of hydrogen-bond donors (Lipinski definition) is 2. The van der Waals surface area contributed by atoms with E-state index in [1.165, 1.54) is 7.11 Å². The highest BCUT2D eigenvalue weighted by Gasteiger charge is 2.12. The summed E-state index contributed by atoms with van der Waals surface area (Å²) in [6.45, 7) is 0. The number of rotatable bonds is 6. The molecule has 0 fully saturated rings. The van der Waals surface area contributed by atoms with E-state index in [0.29, 0.717) is 29.2 Å². The molecule has 1 atom stereocenters. The second-order valence-electron chi connectivity index (χ2n) is 3.69. The molecular weight excluding hydrogens is 244 g/mol. The number of aliphatic hydroxyl groups excluding tert-OH is 1. The Labute approximate surface area is 105 Å². The summed E-state index contributed by atoms with van der Waals surface area (Å²) in [7, 11) is 1.54. The van der Waals surface area contributed by atoms with Crippen LogP contribution in [-0.2, 0) is 4.79 Å². The molecular formula is C12H15ClO4. The first-order chi connectivity index (χ1) is 8.04. The van der Waals surface area contributed by atoms with Gasteiger partial charge < -0.3 is 14.9 Å². The quantitative estimate of drug-likeness (QED) is 0.823. The number of halogens is 1. The molecule has 0 spiro atoms. The Morgan fingerprint density at radius 2 is 2.24 bits per heavy atom. The van der Waals surface area contributed by atoms with E-state index < -0.39 is 12.1 Å². The zero-order valence-electron chi connectivity index (χ0n) is 9.52. The average Bonchev–Trinajstić information content (AvgIpc) is 2.28. The maximum atomic E-state index is 10.3. The Kier molecular flexibility index (Phi) is 5.25. The standard InChI is InChI=1S/C12H15ClO4/c1-17-8-5-6-9(10(13)7-8)11(14)3-2-4-12(15)16/h5-7,11,14H,2-4H2,1H3,(H,15,16). The predicted octanol–water partition coefficient (Wildman–Crippen LogP) is 2.64. The second kappa shape index (κ2) is 6.47. The SMILES string of the molecule is COc1ccc(C(O)CCCC(=O)O)c(Cl)c1. The molecule has 17 heavy (non-hydrogen) atoms. The van der Waals surface area contributed by atoms with Crippen molar-refractivity contribution in [2.75, 3.05) is 7.11 Å². The van der Waals surface area contributed by atoms with Crippen LogP contribution in [0.15, 0.2) is 18.2 Å². The van der Waals surface area contributed by atoms with Crippen LogP contribution in [0.1, 0.15) is 30.9 Å². The van der Waals surface area contributed by atoms with Gasteiger partial charge in [0.1, 0.15) is 5.75 Å². The molecule has 0 aromatic heterocycles. The molecule has 0 saturated heterocycles. The van der Waals surface area contributed by atoms with Crippen molar-refractivity contribution < 1.29 is 19.7 Å². The molecule has 1 rings (SSSR count). The highest BCUT2D eigenvalue weighted by Crippen LogP contribution is 2.29. The highest BCUT2D eigenvalue weighted by atomic mass is 35.5. The number of aliphatic hydroxyl groups is 1. The van der Waals surface area contributed by atoms with Gasteiger partial charge in [0.2, 0.25) is 0 Å². The molecule has 1 unspecified atom stereocenters. The molecule has 0 saturated carbocycles. The monoisotopic (exact) mass is 258 g/mol. The van der Waals surface area contributed by atoms with Gasteiger partial charge in [-0.1, -0.05) is 17.7 Å².